The van der Waals surface area contributed by atoms with Gasteiger partial charge < -0.3 is 4.90 Å². The van der Waals surface area contributed by atoms with Crippen molar-refractivity contribution in [2.45, 2.75) is 19.9 Å². The van der Waals surface area contributed by atoms with Gasteiger partial charge in [-0.1, -0.05) is 0 Å². The van der Waals surface area contributed by atoms with E-state index in [4.69, 9.17) is 0 Å². The third-order valence-corrected chi connectivity index (χ3v) is 1.47. The Morgan fingerprint density at radius 1 is 1.55 bits per heavy atom. The molecular weight excluding hydrogens is 142 g/mol. The Morgan fingerprint density at radius 3 is 2.55 bits per heavy atom. The second-order valence-electron chi connectivity index (χ2n) is 2.61. The van der Waals surface area contributed by atoms with Crippen LogP contribution in [0, 0.1) is 0 Å². The van der Waals surface area contributed by atoms with E-state index in [1.54, 1.807) is 11.9 Å². The summed E-state index contributed by atoms with van der Waals surface area (Å²) in [6.07, 6.45) is 0.877. The third kappa shape index (κ3) is 4.75. The third-order valence-electron chi connectivity index (χ3n) is 1.47. The highest BCUT2D eigenvalue weighted by Crippen LogP contribution is 1.91. The van der Waals surface area contributed by atoms with Crippen LogP contribution < -0.4 is 10.9 Å². The fourth-order valence-electron chi connectivity index (χ4n) is 0.743. The van der Waals surface area contributed by atoms with Crippen LogP contribution in [0.4, 0.5) is 0 Å². The number of amides is 1. The number of carbonyl (C=O) groups excluding carboxylic acids is 1. The topological polar surface area (TPSA) is 44.4 Å². The van der Waals surface area contributed by atoms with Crippen LogP contribution in [0.1, 0.15) is 13.8 Å². The van der Waals surface area contributed by atoms with Crippen molar-refractivity contribution in [3.63, 3.8) is 0 Å². The van der Waals surface area contributed by atoms with E-state index in [2.05, 4.69) is 10.9 Å². The Balaban J connectivity index is 3.44. The van der Waals surface area contributed by atoms with E-state index in [9.17, 15) is 4.79 Å². The molecule has 66 valence electrons. The second-order valence-corrected chi connectivity index (χ2v) is 2.61. The van der Waals surface area contributed by atoms with Gasteiger partial charge in [0.1, 0.15) is 0 Å². The van der Waals surface area contributed by atoms with E-state index in [0.717, 1.165) is 19.5 Å². The average Bonchev–Trinajstić information content (AvgIpc) is 1.97. The lowest BCUT2D eigenvalue weighted by Crippen LogP contribution is -2.39. The molecule has 0 aromatic heterocycles. The summed E-state index contributed by atoms with van der Waals surface area (Å²) in [6, 6.07) is 0.283. The van der Waals surface area contributed by atoms with Gasteiger partial charge in [0.2, 0.25) is 6.41 Å². The first kappa shape index (κ1) is 10.4. The first-order valence-electron chi connectivity index (χ1n) is 3.83. The molecule has 0 fully saturated rings. The van der Waals surface area contributed by atoms with Gasteiger partial charge in [-0.2, -0.15) is 0 Å². The second kappa shape index (κ2) is 6.12. The summed E-state index contributed by atoms with van der Waals surface area (Å²) < 4.78 is 0. The lowest BCUT2D eigenvalue weighted by atomic mass is 10.3. The minimum Gasteiger partial charge on any atom is -0.342 e. The maximum absolute atomic E-state index is 10.4. The first-order valence-corrected chi connectivity index (χ1v) is 3.83. The van der Waals surface area contributed by atoms with Crippen molar-refractivity contribution in [3.05, 3.63) is 0 Å². The molecule has 0 aromatic carbocycles. The normalized spacial score (nSPS) is 10.2. The van der Waals surface area contributed by atoms with E-state index in [-0.39, 0.29) is 6.04 Å². The zero-order valence-electron chi connectivity index (χ0n) is 7.42. The van der Waals surface area contributed by atoms with Gasteiger partial charge in [0.15, 0.2) is 0 Å². The van der Waals surface area contributed by atoms with Crippen LogP contribution in [0.3, 0.4) is 0 Å². The fourth-order valence-corrected chi connectivity index (χ4v) is 0.743. The average molecular weight is 159 g/mol. The molecular formula is C7H17N3O. The van der Waals surface area contributed by atoms with Crippen molar-refractivity contribution in [2.24, 2.45) is 0 Å². The van der Waals surface area contributed by atoms with Crippen LogP contribution in [0.5, 0.6) is 0 Å². The molecule has 2 N–H and O–H groups in total. The highest BCUT2D eigenvalue weighted by molar-refractivity contribution is 5.47. The van der Waals surface area contributed by atoms with Crippen LogP contribution >= 0.6 is 0 Å². The van der Waals surface area contributed by atoms with Crippen molar-refractivity contribution in [2.75, 3.05) is 20.1 Å². The molecule has 0 aromatic rings. The zero-order valence-corrected chi connectivity index (χ0v) is 7.42. The lowest BCUT2D eigenvalue weighted by Gasteiger charge is -2.21. The molecule has 0 bridgehead atoms. The van der Waals surface area contributed by atoms with Crippen LogP contribution in [-0.4, -0.2) is 37.5 Å². The molecule has 0 saturated heterocycles. The zero-order chi connectivity index (χ0) is 8.69. The summed E-state index contributed by atoms with van der Waals surface area (Å²) in [5.74, 6) is 0. The van der Waals surface area contributed by atoms with Gasteiger partial charge >= 0.3 is 0 Å². The lowest BCUT2D eigenvalue weighted by molar-refractivity contribution is -0.119. The molecule has 0 heterocycles. The van der Waals surface area contributed by atoms with Crippen molar-refractivity contribution in [1.29, 1.82) is 0 Å². The number of hydrogen-bond donors (Lipinski definition) is 2. The number of carbonyl (C=O) groups is 1. The number of nitrogens with one attached hydrogen (secondary N) is 2. The van der Waals surface area contributed by atoms with Crippen molar-refractivity contribution < 1.29 is 4.79 Å². The van der Waals surface area contributed by atoms with Gasteiger partial charge in [-0.3, -0.25) is 15.6 Å². The minimum atomic E-state index is 0.283. The quantitative estimate of drug-likeness (QED) is 0.314. The summed E-state index contributed by atoms with van der Waals surface area (Å²) in [7, 11) is 1.81. The molecule has 0 spiro atoms. The molecule has 4 heteroatoms. The molecule has 4 nitrogen and oxygen atoms in total. The van der Waals surface area contributed by atoms with Crippen molar-refractivity contribution >= 4 is 6.41 Å². The SMILES string of the molecule is CNNCCN(C=O)C(C)C. The number of hydrogen-bond acceptors (Lipinski definition) is 3. The summed E-state index contributed by atoms with van der Waals surface area (Å²) in [6.45, 7) is 5.50. The fraction of sp³-hybridized carbons (Fsp3) is 0.857. The summed E-state index contributed by atoms with van der Waals surface area (Å²) >= 11 is 0. The largest absolute Gasteiger partial charge is 0.342 e. The predicted molar refractivity (Wildman–Crippen MR) is 45.0 cm³/mol. The van der Waals surface area contributed by atoms with E-state index < -0.39 is 0 Å². The van der Waals surface area contributed by atoms with Crippen LogP contribution in [0.2, 0.25) is 0 Å². The van der Waals surface area contributed by atoms with Gasteiger partial charge in [0.25, 0.3) is 0 Å². The minimum absolute atomic E-state index is 0.283. The van der Waals surface area contributed by atoms with E-state index in [1.165, 1.54) is 0 Å². The Labute approximate surface area is 67.9 Å². The molecule has 1 amide bonds. The standard InChI is InChI=1S/C7H17N3O/c1-7(2)10(6-11)5-4-9-8-3/h6-9H,4-5H2,1-3H3. The van der Waals surface area contributed by atoms with Crippen molar-refractivity contribution in [3.8, 4) is 0 Å². The summed E-state index contributed by atoms with van der Waals surface area (Å²) in [4.78, 5) is 12.2. The smallest absolute Gasteiger partial charge is 0.209 e. The Bertz CT molecular complexity index is 106. The molecule has 0 atom stereocenters. The molecule has 0 rings (SSSR count). The maximum atomic E-state index is 10.4. The number of rotatable bonds is 6. The van der Waals surface area contributed by atoms with Crippen LogP contribution in [0.15, 0.2) is 0 Å². The Kier molecular flexibility index (Phi) is 5.78. The molecule has 0 unspecified atom stereocenters. The monoisotopic (exact) mass is 159 g/mol. The highest BCUT2D eigenvalue weighted by Gasteiger charge is 2.03. The predicted octanol–water partition coefficient (Wildman–Crippen LogP) is -0.423. The van der Waals surface area contributed by atoms with E-state index in [0.29, 0.717) is 0 Å². The van der Waals surface area contributed by atoms with Crippen LogP contribution in [-0.2, 0) is 4.79 Å². The molecule has 11 heavy (non-hydrogen) atoms. The van der Waals surface area contributed by atoms with Gasteiger partial charge in [0.05, 0.1) is 0 Å². The molecule has 0 aliphatic heterocycles. The first-order chi connectivity index (χ1) is 5.22. The highest BCUT2D eigenvalue weighted by atomic mass is 16.1. The maximum Gasteiger partial charge on any atom is 0.209 e. The summed E-state index contributed by atoms with van der Waals surface area (Å²) in [5, 5.41) is 0. The van der Waals surface area contributed by atoms with Crippen LogP contribution in [0.25, 0.3) is 0 Å². The summed E-state index contributed by atoms with van der Waals surface area (Å²) in [5.41, 5.74) is 5.71. The Hall–Kier alpha value is -0.610. The molecule has 0 aliphatic rings. The van der Waals surface area contributed by atoms with Gasteiger partial charge in [-0.15, -0.1) is 0 Å². The number of nitrogens with zero attached hydrogens (tertiary/aromatic N) is 1. The molecule has 0 saturated carbocycles. The van der Waals surface area contributed by atoms with Crippen molar-refractivity contribution in [1.82, 2.24) is 15.8 Å². The number of hydrazine groups is 1. The Morgan fingerprint density at radius 2 is 2.18 bits per heavy atom. The van der Waals surface area contributed by atoms with Gasteiger partial charge in [-0.05, 0) is 20.9 Å². The van der Waals surface area contributed by atoms with E-state index >= 15 is 0 Å². The van der Waals surface area contributed by atoms with Gasteiger partial charge in [-0.25, -0.2) is 0 Å². The molecule has 0 aliphatic carbocycles. The van der Waals surface area contributed by atoms with E-state index in [1.807, 2.05) is 13.8 Å². The molecule has 0 radical (unpaired) electrons. The van der Waals surface area contributed by atoms with Gasteiger partial charge in [0, 0.05) is 19.1 Å².